The Bertz CT molecular complexity index is 1280. The average Bonchev–Trinajstić information content (AvgIpc) is 3.23. The third-order valence-electron chi connectivity index (χ3n) is 6.49. The molecule has 194 valence electrons. The minimum atomic E-state index is -0.0932. The van der Waals surface area contributed by atoms with Crippen LogP contribution in [0.3, 0.4) is 0 Å². The Morgan fingerprint density at radius 2 is 1.14 bits per heavy atom. The van der Waals surface area contributed by atoms with Crippen molar-refractivity contribution in [1.82, 2.24) is 0 Å². The SMILES string of the molecule is Cc1cc(C)c(C(C)C)cc1F.Cc1cc(Cl)ccc1C(C)C.Cc1cc2sccc2cc1C(C)C. The quantitative estimate of drug-likeness (QED) is 0.250. The number of fused-ring (bicyclic) bond motifs is 1. The van der Waals surface area contributed by atoms with Gasteiger partial charge < -0.3 is 0 Å². The Kier molecular flexibility index (Phi) is 11.2. The van der Waals surface area contributed by atoms with Crippen molar-refractivity contribution in [2.45, 2.75) is 87.0 Å². The van der Waals surface area contributed by atoms with E-state index in [0.717, 1.165) is 16.1 Å². The molecule has 4 aromatic rings. The van der Waals surface area contributed by atoms with E-state index in [2.05, 4.69) is 85.0 Å². The molecule has 0 N–H and O–H groups in total. The summed E-state index contributed by atoms with van der Waals surface area (Å²) in [6.07, 6.45) is 0. The Labute approximate surface area is 227 Å². The molecule has 0 amide bonds. The van der Waals surface area contributed by atoms with E-state index in [1.54, 1.807) is 13.0 Å². The summed E-state index contributed by atoms with van der Waals surface area (Å²) in [5.41, 5.74) is 8.59. The fourth-order valence-electron chi connectivity index (χ4n) is 4.50. The second-order valence-corrected chi connectivity index (χ2v) is 12.0. The molecule has 0 spiro atoms. The molecule has 0 nitrogen and oxygen atoms in total. The normalized spacial score (nSPS) is 11.0. The first-order chi connectivity index (χ1) is 16.8. The van der Waals surface area contributed by atoms with Crippen LogP contribution in [0.1, 0.15) is 98.2 Å². The second-order valence-electron chi connectivity index (χ2n) is 10.6. The Hall–Kier alpha value is -2.16. The van der Waals surface area contributed by atoms with Gasteiger partial charge in [-0.25, -0.2) is 4.39 Å². The minimum absolute atomic E-state index is 0.0932. The average molecular weight is 525 g/mol. The molecule has 0 fully saturated rings. The third-order valence-corrected chi connectivity index (χ3v) is 7.60. The van der Waals surface area contributed by atoms with Gasteiger partial charge in [-0.2, -0.15) is 0 Å². The summed E-state index contributed by atoms with van der Waals surface area (Å²) in [4.78, 5) is 0. The lowest BCUT2D eigenvalue weighted by Gasteiger charge is -2.10. The van der Waals surface area contributed by atoms with Crippen LogP contribution in [-0.4, -0.2) is 0 Å². The van der Waals surface area contributed by atoms with Gasteiger partial charge in [-0.15, -0.1) is 11.3 Å². The summed E-state index contributed by atoms with van der Waals surface area (Å²) in [5, 5.41) is 4.38. The van der Waals surface area contributed by atoms with Crippen LogP contribution < -0.4 is 0 Å². The maximum absolute atomic E-state index is 13.1. The summed E-state index contributed by atoms with van der Waals surface area (Å²) >= 11 is 7.64. The van der Waals surface area contributed by atoms with Gasteiger partial charge in [-0.05, 0) is 132 Å². The van der Waals surface area contributed by atoms with E-state index in [0.29, 0.717) is 17.8 Å². The summed E-state index contributed by atoms with van der Waals surface area (Å²) in [5.74, 6) is 1.53. The van der Waals surface area contributed by atoms with Gasteiger partial charge in [0.2, 0.25) is 0 Å². The van der Waals surface area contributed by atoms with Gasteiger partial charge in [0, 0.05) is 9.72 Å². The number of hydrogen-bond donors (Lipinski definition) is 0. The molecule has 0 atom stereocenters. The van der Waals surface area contributed by atoms with E-state index in [4.69, 9.17) is 11.6 Å². The van der Waals surface area contributed by atoms with Crippen LogP contribution in [0, 0.1) is 33.5 Å². The first kappa shape index (κ1) is 30.1. The van der Waals surface area contributed by atoms with Crippen molar-refractivity contribution in [2.75, 3.05) is 0 Å². The predicted octanol–water partition coefficient (Wildman–Crippen LogP) is 11.7. The number of hydrogen-bond acceptors (Lipinski definition) is 1. The van der Waals surface area contributed by atoms with Crippen molar-refractivity contribution in [1.29, 1.82) is 0 Å². The van der Waals surface area contributed by atoms with Gasteiger partial charge in [-0.1, -0.05) is 65.3 Å². The maximum Gasteiger partial charge on any atom is 0.126 e. The molecule has 0 bridgehead atoms. The largest absolute Gasteiger partial charge is 0.207 e. The highest BCUT2D eigenvalue weighted by atomic mass is 35.5. The van der Waals surface area contributed by atoms with E-state index < -0.39 is 0 Å². The van der Waals surface area contributed by atoms with E-state index in [1.165, 1.54) is 37.9 Å². The van der Waals surface area contributed by atoms with Gasteiger partial charge in [0.15, 0.2) is 0 Å². The zero-order valence-electron chi connectivity index (χ0n) is 23.6. The number of rotatable bonds is 3. The molecule has 1 heterocycles. The fourth-order valence-corrected chi connectivity index (χ4v) is 5.60. The molecule has 0 aliphatic heterocycles. The lowest BCUT2D eigenvalue weighted by molar-refractivity contribution is 0.613. The van der Waals surface area contributed by atoms with Crippen molar-refractivity contribution >= 4 is 33.0 Å². The number of benzene rings is 3. The predicted molar refractivity (Wildman–Crippen MR) is 161 cm³/mol. The number of halogens is 2. The molecule has 0 saturated heterocycles. The third kappa shape index (κ3) is 8.18. The highest BCUT2D eigenvalue weighted by Gasteiger charge is 2.07. The zero-order valence-corrected chi connectivity index (χ0v) is 25.2. The van der Waals surface area contributed by atoms with E-state index >= 15 is 0 Å². The Morgan fingerprint density at radius 1 is 0.611 bits per heavy atom. The molecule has 4 rings (SSSR count). The highest BCUT2D eigenvalue weighted by molar-refractivity contribution is 7.17. The summed E-state index contributed by atoms with van der Waals surface area (Å²) in [6, 6.07) is 16.4. The lowest BCUT2D eigenvalue weighted by atomic mass is 9.96. The van der Waals surface area contributed by atoms with Crippen molar-refractivity contribution in [3.63, 3.8) is 0 Å². The standard InChI is InChI=1S/C12H14S.C11H15F.C10H13Cl/c1-8(2)11-7-10-4-5-13-12(10)6-9(11)3;1-7(2)10-6-11(12)9(4)5-8(10)3;1-7(2)10-5-4-9(11)6-8(10)3/h4-8H,1-3H3;5-7H,1-4H3;4-7H,1-3H3. The minimum Gasteiger partial charge on any atom is -0.207 e. The van der Waals surface area contributed by atoms with E-state index in [1.807, 2.05) is 36.5 Å². The monoisotopic (exact) mass is 524 g/mol. The smallest absolute Gasteiger partial charge is 0.126 e. The topological polar surface area (TPSA) is 0 Å². The Balaban J connectivity index is 0.000000191. The van der Waals surface area contributed by atoms with Crippen molar-refractivity contribution < 1.29 is 4.39 Å². The second kappa shape index (κ2) is 13.4. The van der Waals surface area contributed by atoms with Crippen molar-refractivity contribution in [2.24, 2.45) is 0 Å². The van der Waals surface area contributed by atoms with Crippen molar-refractivity contribution in [3.05, 3.63) is 104 Å². The lowest BCUT2D eigenvalue weighted by Crippen LogP contribution is -1.95. The summed E-state index contributed by atoms with van der Waals surface area (Å²) in [7, 11) is 0. The molecule has 0 radical (unpaired) electrons. The molecule has 0 saturated carbocycles. The molecule has 0 aliphatic rings. The van der Waals surface area contributed by atoms with Crippen LogP contribution in [0.15, 0.2) is 53.9 Å². The fraction of sp³-hybridized carbons (Fsp3) is 0.394. The zero-order chi connectivity index (χ0) is 27.2. The molecule has 3 aromatic carbocycles. The molecule has 1 aromatic heterocycles. The molecule has 36 heavy (non-hydrogen) atoms. The maximum atomic E-state index is 13.1. The van der Waals surface area contributed by atoms with E-state index in [-0.39, 0.29) is 5.82 Å². The van der Waals surface area contributed by atoms with Crippen LogP contribution in [-0.2, 0) is 0 Å². The van der Waals surface area contributed by atoms with Crippen LogP contribution in [0.2, 0.25) is 5.02 Å². The van der Waals surface area contributed by atoms with E-state index in [9.17, 15) is 4.39 Å². The molecular formula is C33H42ClFS. The van der Waals surface area contributed by atoms with Gasteiger partial charge >= 0.3 is 0 Å². The molecular weight excluding hydrogens is 483 g/mol. The van der Waals surface area contributed by atoms with Gasteiger partial charge in [0.05, 0.1) is 0 Å². The van der Waals surface area contributed by atoms with Crippen LogP contribution in [0.25, 0.3) is 10.1 Å². The first-order valence-electron chi connectivity index (χ1n) is 12.8. The van der Waals surface area contributed by atoms with Crippen LogP contribution in [0.5, 0.6) is 0 Å². The number of thiophene rings is 1. The van der Waals surface area contributed by atoms with Gasteiger partial charge in [0.25, 0.3) is 0 Å². The molecule has 3 heteroatoms. The highest BCUT2D eigenvalue weighted by Crippen LogP contribution is 2.28. The Morgan fingerprint density at radius 3 is 1.69 bits per heavy atom. The van der Waals surface area contributed by atoms with Gasteiger partial charge in [-0.3, -0.25) is 0 Å². The van der Waals surface area contributed by atoms with Gasteiger partial charge in [0.1, 0.15) is 5.82 Å². The first-order valence-corrected chi connectivity index (χ1v) is 14.1. The van der Waals surface area contributed by atoms with Crippen LogP contribution in [0.4, 0.5) is 4.39 Å². The van der Waals surface area contributed by atoms with Crippen molar-refractivity contribution in [3.8, 4) is 0 Å². The molecule has 0 aliphatic carbocycles. The summed E-state index contributed by atoms with van der Waals surface area (Å²) < 4.78 is 14.5. The molecule has 0 unspecified atom stereocenters. The number of aryl methyl sites for hydroxylation is 4. The van der Waals surface area contributed by atoms with Crippen LogP contribution >= 0.6 is 22.9 Å². The summed E-state index contributed by atoms with van der Waals surface area (Å²) in [6.45, 7) is 21.2.